The van der Waals surface area contributed by atoms with Gasteiger partial charge in [0.05, 0.1) is 0 Å². The Bertz CT molecular complexity index is 1290. The molecule has 1 heterocycles. The SMILES string of the molecule is CCn1c(=O)/c(=C\Nc2cccc(N(C)C(=O)C(C)C)c2)s/c1=C(/C#N)C(=O)NCC(F)(F)F. The quantitative estimate of drug-likeness (QED) is 0.609. The van der Waals surface area contributed by atoms with Gasteiger partial charge in [-0.1, -0.05) is 19.9 Å². The van der Waals surface area contributed by atoms with E-state index >= 15 is 0 Å². The van der Waals surface area contributed by atoms with Crippen LogP contribution in [0.15, 0.2) is 29.1 Å². The number of alkyl halides is 3. The summed E-state index contributed by atoms with van der Waals surface area (Å²) in [5.74, 6) is -1.48. The average Bonchev–Trinajstić information content (AvgIpc) is 3.10. The van der Waals surface area contributed by atoms with Crippen LogP contribution in [-0.2, 0) is 16.1 Å². The Hall–Kier alpha value is -3.59. The van der Waals surface area contributed by atoms with Crippen molar-refractivity contribution < 1.29 is 22.8 Å². The number of anilines is 2. The lowest BCUT2D eigenvalue weighted by atomic mass is 10.1. The van der Waals surface area contributed by atoms with Crippen LogP contribution >= 0.6 is 11.3 Å². The van der Waals surface area contributed by atoms with Crippen molar-refractivity contribution in [1.29, 1.82) is 5.26 Å². The van der Waals surface area contributed by atoms with Crippen molar-refractivity contribution in [1.82, 2.24) is 9.88 Å². The van der Waals surface area contributed by atoms with Gasteiger partial charge in [-0.05, 0) is 25.1 Å². The molecule has 8 nitrogen and oxygen atoms in total. The molecule has 0 bridgehead atoms. The highest BCUT2D eigenvalue weighted by atomic mass is 32.1. The van der Waals surface area contributed by atoms with Gasteiger partial charge in [-0.2, -0.15) is 18.4 Å². The number of nitrogens with zero attached hydrogens (tertiary/aromatic N) is 3. The van der Waals surface area contributed by atoms with Crippen molar-refractivity contribution in [2.45, 2.75) is 33.5 Å². The van der Waals surface area contributed by atoms with Gasteiger partial charge in [0.2, 0.25) is 5.91 Å². The molecular weight excluding hydrogens is 471 g/mol. The van der Waals surface area contributed by atoms with Gasteiger partial charge < -0.3 is 15.5 Å². The summed E-state index contributed by atoms with van der Waals surface area (Å²) in [5.41, 5.74) is 0.125. The first-order chi connectivity index (χ1) is 15.9. The number of carbonyl (C=O) groups is 2. The number of halogens is 3. The van der Waals surface area contributed by atoms with E-state index in [-0.39, 0.29) is 27.6 Å². The fourth-order valence-corrected chi connectivity index (χ4v) is 4.01. The van der Waals surface area contributed by atoms with E-state index in [1.807, 2.05) is 0 Å². The molecule has 0 saturated heterocycles. The number of carbonyl (C=O) groups excluding carboxylic acids is 2. The molecular formula is C22H24F3N5O3S. The highest BCUT2D eigenvalue weighted by Gasteiger charge is 2.29. The monoisotopic (exact) mass is 495 g/mol. The van der Waals surface area contributed by atoms with E-state index in [0.717, 1.165) is 15.9 Å². The fourth-order valence-electron chi connectivity index (χ4n) is 2.92. The number of benzene rings is 1. The molecule has 2 rings (SSSR count). The molecule has 0 spiro atoms. The molecule has 2 aromatic rings. The highest BCUT2D eigenvalue weighted by molar-refractivity contribution is 7.07. The van der Waals surface area contributed by atoms with Gasteiger partial charge in [0.25, 0.3) is 11.5 Å². The molecule has 0 fully saturated rings. The largest absolute Gasteiger partial charge is 0.405 e. The Balaban J connectivity index is 2.45. The average molecular weight is 496 g/mol. The van der Waals surface area contributed by atoms with Crippen LogP contribution in [0.2, 0.25) is 0 Å². The Morgan fingerprint density at radius 2 is 2.00 bits per heavy atom. The Kier molecular flexibility index (Phi) is 8.64. The molecule has 34 heavy (non-hydrogen) atoms. The molecule has 1 aromatic heterocycles. The number of thiazole rings is 1. The molecule has 0 radical (unpaired) electrons. The van der Waals surface area contributed by atoms with Crippen molar-refractivity contribution in [3.63, 3.8) is 0 Å². The maximum atomic E-state index is 12.8. The van der Waals surface area contributed by atoms with Crippen molar-refractivity contribution >= 4 is 46.3 Å². The molecule has 0 atom stereocenters. The second kappa shape index (κ2) is 11.0. The maximum Gasteiger partial charge on any atom is 0.405 e. The van der Waals surface area contributed by atoms with Crippen LogP contribution in [0, 0.1) is 17.2 Å². The summed E-state index contributed by atoms with van der Waals surface area (Å²) in [4.78, 5) is 38.7. The number of nitrogens with one attached hydrogen (secondary N) is 2. The van der Waals surface area contributed by atoms with Crippen molar-refractivity contribution in [2.75, 3.05) is 23.8 Å². The minimum atomic E-state index is -4.64. The summed E-state index contributed by atoms with van der Waals surface area (Å²) in [7, 11) is 1.65. The zero-order valence-corrected chi connectivity index (χ0v) is 19.8. The topological polar surface area (TPSA) is 107 Å². The summed E-state index contributed by atoms with van der Waals surface area (Å²) in [6.07, 6.45) is -3.25. The van der Waals surface area contributed by atoms with Gasteiger partial charge in [-0.3, -0.25) is 19.0 Å². The summed E-state index contributed by atoms with van der Waals surface area (Å²) < 4.78 is 38.5. The zero-order chi connectivity index (χ0) is 25.6. The van der Waals surface area contributed by atoms with Gasteiger partial charge in [-0.25, -0.2) is 0 Å². The van der Waals surface area contributed by atoms with Gasteiger partial charge >= 0.3 is 6.18 Å². The van der Waals surface area contributed by atoms with Crippen LogP contribution in [0.1, 0.15) is 20.8 Å². The third-order valence-electron chi connectivity index (χ3n) is 4.65. The van der Waals surface area contributed by atoms with E-state index < -0.39 is 29.8 Å². The zero-order valence-electron chi connectivity index (χ0n) is 19.0. The van der Waals surface area contributed by atoms with E-state index in [1.165, 1.54) is 11.1 Å². The Labute approximate surface area is 197 Å². The first-order valence-corrected chi connectivity index (χ1v) is 11.0. The van der Waals surface area contributed by atoms with E-state index in [2.05, 4.69) is 5.32 Å². The Morgan fingerprint density at radius 3 is 2.56 bits per heavy atom. The van der Waals surface area contributed by atoms with Crippen molar-refractivity contribution in [2.24, 2.45) is 5.92 Å². The van der Waals surface area contributed by atoms with Crippen LogP contribution in [0.4, 0.5) is 24.5 Å². The standard InChI is InChI=1S/C22H24F3N5O3S/c1-5-30-20(33)17(34-21(30)16(10-26)18(31)28-12-22(23,24)25)11-27-14-7-6-8-15(9-14)29(4)19(32)13(2)3/h6-9,11,13,27H,5,12H2,1-4H3,(H,28,31)/b17-11+,21-16-. The molecule has 0 saturated carbocycles. The predicted octanol–water partition coefficient (Wildman–Crippen LogP) is 1.75. The lowest BCUT2D eigenvalue weighted by Crippen LogP contribution is -2.37. The summed E-state index contributed by atoms with van der Waals surface area (Å²) in [6, 6.07) is 8.51. The molecule has 2 amide bonds. The lowest BCUT2D eigenvalue weighted by molar-refractivity contribution is -0.135. The van der Waals surface area contributed by atoms with Crippen molar-refractivity contribution in [3.05, 3.63) is 43.8 Å². The number of rotatable bonds is 7. The first kappa shape index (κ1) is 26.7. The molecule has 1 aromatic carbocycles. The molecule has 0 aliphatic rings. The van der Waals surface area contributed by atoms with E-state index in [0.29, 0.717) is 11.4 Å². The minimum Gasteiger partial charge on any atom is -0.360 e. The van der Waals surface area contributed by atoms with Crippen LogP contribution in [0.3, 0.4) is 0 Å². The van der Waals surface area contributed by atoms with Crippen LogP contribution < -0.4 is 30.3 Å². The smallest absolute Gasteiger partial charge is 0.360 e. The third-order valence-corrected chi connectivity index (χ3v) is 5.78. The summed E-state index contributed by atoms with van der Waals surface area (Å²) in [5, 5.41) is 14.0. The third kappa shape index (κ3) is 6.48. The lowest BCUT2D eigenvalue weighted by Gasteiger charge is -2.20. The van der Waals surface area contributed by atoms with E-state index in [4.69, 9.17) is 0 Å². The van der Waals surface area contributed by atoms with Gasteiger partial charge in [-0.15, -0.1) is 11.3 Å². The molecule has 0 aliphatic carbocycles. The molecule has 182 valence electrons. The summed E-state index contributed by atoms with van der Waals surface area (Å²) >= 11 is 0.810. The predicted molar refractivity (Wildman–Crippen MR) is 124 cm³/mol. The molecule has 12 heteroatoms. The number of aromatic nitrogens is 1. The van der Waals surface area contributed by atoms with Gasteiger partial charge in [0, 0.05) is 37.1 Å². The molecule has 0 unspecified atom stereocenters. The van der Waals surface area contributed by atoms with Crippen LogP contribution in [0.5, 0.6) is 0 Å². The number of nitriles is 1. The maximum absolute atomic E-state index is 12.8. The summed E-state index contributed by atoms with van der Waals surface area (Å²) in [6.45, 7) is 3.70. The first-order valence-electron chi connectivity index (χ1n) is 10.2. The fraction of sp³-hybridized carbons (Fsp3) is 0.364. The number of hydrogen-bond acceptors (Lipinski definition) is 6. The Morgan fingerprint density at radius 1 is 1.32 bits per heavy atom. The van der Waals surface area contributed by atoms with Crippen LogP contribution in [-0.4, -0.2) is 36.2 Å². The molecule has 0 aliphatic heterocycles. The van der Waals surface area contributed by atoms with Crippen molar-refractivity contribution in [3.8, 4) is 6.07 Å². The molecule has 2 N–H and O–H groups in total. The van der Waals surface area contributed by atoms with Gasteiger partial charge in [0.1, 0.15) is 21.8 Å². The highest BCUT2D eigenvalue weighted by Crippen LogP contribution is 2.20. The normalized spacial score (nSPS) is 12.9. The second-order valence-electron chi connectivity index (χ2n) is 7.50. The number of hydrogen-bond donors (Lipinski definition) is 2. The van der Waals surface area contributed by atoms with Crippen LogP contribution in [0.25, 0.3) is 11.8 Å². The van der Waals surface area contributed by atoms with E-state index in [9.17, 15) is 32.8 Å². The number of amides is 2. The van der Waals surface area contributed by atoms with Gasteiger partial charge in [0.15, 0.2) is 5.57 Å². The minimum absolute atomic E-state index is 0.0428. The second-order valence-corrected chi connectivity index (χ2v) is 8.53. The van der Waals surface area contributed by atoms with E-state index in [1.54, 1.807) is 63.5 Å².